The number of benzene rings is 2. The predicted molar refractivity (Wildman–Crippen MR) is 88.8 cm³/mol. The van der Waals surface area contributed by atoms with Crippen molar-refractivity contribution in [2.45, 2.75) is 18.9 Å². The lowest BCUT2D eigenvalue weighted by Crippen LogP contribution is -2.39. The lowest BCUT2D eigenvalue weighted by molar-refractivity contribution is -0.145. The maximum absolute atomic E-state index is 13.0. The van der Waals surface area contributed by atoms with E-state index < -0.39 is 5.97 Å². The van der Waals surface area contributed by atoms with Crippen LogP contribution < -0.4 is 4.74 Å². The van der Waals surface area contributed by atoms with Gasteiger partial charge in [0, 0.05) is 12.1 Å². The van der Waals surface area contributed by atoms with E-state index >= 15 is 0 Å². The van der Waals surface area contributed by atoms with Gasteiger partial charge in [0.25, 0.3) is 0 Å². The zero-order chi connectivity index (χ0) is 16.9. The summed E-state index contributed by atoms with van der Waals surface area (Å²) in [5, 5.41) is 9.19. The Morgan fingerprint density at radius 2 is 1.79 bits per heavy atom. The van der Waals surface area contributed by atoms with Gasteiger partial charge in [-0.05, 0) is 18.1 Å². The van der Waals surface area contributed by atoms with E-state index in [1.54, 1.807) is 0 Å². The molecule has 5 heteroatoms. The van der Waals surface area contributed by atoms with Crippen molar-refractivity contribution in [1.29, 1.82) is 0 Å². The maximum atomic E-state index is 13.0. The first-order valence-electron chi connectivity index (χ1n) is 7.91. The maximum Gasteiger partial charge on any atom is 0.323 e. The Kier molecular flexibility index (Phi) is 4.79. The summed E-state index contributed by atoms with van der Waals surface area (Å²) >= 11 is 0. The lowest BCUT2D eigenvalue weighted by Gasteiger charge is -2.30. The monoisotopic (exact) mass is 325 g/mol. The molecule has 2 aromatic rings. The van der Waals surface area contributed by atoms with E-state index in [2.05, 4.69) is 0 Å². The fourth-order valence-electron chi connectivity index (χ4n) is 3.00. The number of hydrogen-bond donors (Lipinski definition) is 1. The normalized spacial score (nSPS) is 15.9. The third kappa shape index (κ3) is 3.56. The van der Waals surface area contributed by atoms with E-state index in [0.717, 1.165) is 11.1 Å². The van der Waals surface area contributed by atoms with Gasteiger partial charge in [-0.3, -0.25) is 9.59 Å². The molecule has 1 amide bonds. The quantitative estimate of drug-likeness (QED) is 0.918. The molecular formula is C19H19NO4. The first-order valence-corrected chi connectivity index (χ1v) is 7.91. The average Bonchev–Trinajstić information content (AvgIpc) is 2.60. The van der Waals surface area contributed by atoms with Gasteiger partial charge < -0.3 is 14.7 Å². The minimum atomic E-state index is -1.01. The van der Waals surface area contributed by atoms with E-state index in [0.29, 0.717) is 18.8 Å². The molecule has 1 aliphatic heterocycles. The Hall–Kier alpha value is -2.82. The number of carboxylic acid groups (broad SMARTS) is 1. The molecule has 0 radical (unpaired) electrons. The number of nitrogens with zero attached hydrogens (tertiary/aromatic N) is 1. The molecule has 0 aromatic heterocycles. The van der Waals surface area contributed by atoms with Crippen LogP contribution in [0.2, 0.25) is 0 Å². The average molecular weight is 325 g/mol. The SMILES string of the molecule is O=C(O)CN(Cc1ccccc1)C(=O)C1CCOc2ccccc21. The zero-order valence-electron chi connectivity index (χ0n) is 13.2. The van der Waals surface area contributed by atoms with Gasteiger partial charge in [0.15, 0.2) is 0 Å². The minimum absolute atomic E-state index is 0.169. The fourth-order valence-corrected chi connectivity index (χ4v) is 3.00. The highest BCUT2D eigenvalue weighted by Gasteiger charge is 2.31. The molecule has 3 rings (SSSR count). The Balaban J connectivity index is 1.85. The Labute approximate surface area is 140 Å². The van der Waals surface area contributed by atoms with Crippen molar-refractivity contribution >= 4 is 11.9 Å². The topological polar surface area (TPSA) is 66.8 Å². The van der Waals surface area contributed by atoms with Crippen molar-refractivity contribution in [2.75, 3.05) is 13.2 Å². The van der Waals surface area contributed by atoms with Crippen LogP contribution in [0.4, 0.5) is 0 Å². The molecule has 0 bridgehead atoms. The van der Waals surface area contributed by atoms with E-state index in [1.807, 2.05) is 54.6 Å². The standard InChI is InChI=1S/C19H19NO4/c21-18(22)13-20(12-14-6-2-1-3-7-14)19(23)16-10-11-24-17-9-5-4-8-15(16)17/h1-9,16H,10-13H2,(H,21,22). The molecule has 1 aliphatic rings. The summed E-state index contributed by atoms with van der Waals surface area (Å²) in [7, 11) is 0. The number of hydrogen-bond acceptors (Lipinski definition) is 3. The van der Waals surface area contributed by atoms with E-state index in [4.69, 9.17) is 4.74 Å². The van der Waals surface area contributed by atoms with Gasteiger partial charge in [-0.1, -0.05) is 48.5 Å². The van der Waals surface area contributed by atoms with Crippen molar-refractivity contribution in [3.05, 3.63) is 65.7 Å². The molecule has 0 aliphatic carbocycles. The Bertz CT molecular complexity index is 729. The van der Waals surface area contributed by atoms with Crippen LogP contribution in [-0.2, 0) is 16.1 Å². The molecule has 0 saturated carbocycles. The number of para-hydroxylation sites is 1. The van der Waals surface area contributed by atoms with Gasteiger partial charge in [-0.15, -0.1) is 0 Å². The molecule has 2 aromatic carbocycles. The Morgan fingerprint density at radius 3 is 2.54 bits per heavy atom. The van der Waals surface area contributed by atoms with Crippen LogP contribution in [0.25, 0.3) is 0 Å². The molecule has 0 saturated heterocycles. The first kappa shape index (κ1) is 16.1. The summed E-state index contributed by atoms with van der Waals surface area (Å²) in [5.41, 5.74) is 1.74. The number of carbonyl (C=O) groups excluding carboxylic acids is 1. The molecule has 5 nitrogen and oxygen atoms in total. The molecule has 1 atom stereocenters. The third-order valence-corrected chi connectivity index (χ3v) is 4.11. The van der Waals surface area contributed by atoms with Gasteiger partial charge in [-0.25, -0.2) is 0 Å². The lowest BCUT2D eigenvalue weighted by atomic mass is 9.91. The van der Waals surface area contributed by atoms with Gasteiger partial charge in [0.1, 0.15) is 12.3 Å². The molecule has 1 N–H and O–H groups in total. The van der Waals surface area contributed by atoms with Gasteiger partial charge in [0.05, 0.1) is 12.5 Å². The number of fused-ring (bicyclic) bond motifs is 1. The first-order chi connectivity index (χ1) is 11.6. The molecule has 0 fully saturated rings. The number of rotatable bonds is 5. The predicted octanol–water partition coefficient (Wildman–Crippen LogP) is 2.67. The fraction of sp³-hybridized carbons (Fsp3) is 0.263. The highest BCUT2D eigenvalue weighted by atomic mass is 16.5. The molecule has 0 spiro atoms. The van der Waals surface area contributed by atoms with Crippen LogP contribution >= 0.6 is 0 Å². The van der Waals surface area contributed by atoms with Crippen LogP contribution in [-0.4, -0.2) is 35.0 Å². The van der Waals surface area contributed by atoms with E-state index in [-0.39, 0.29) is 24.9 Å². The molecule has 1 heterocycles. The minimum Gasteiger partial charge on any atom is -0.493 e. The second kappa shape index (κ2) is 7.17. The van der Waals surface area contributed by atoms with Gasteiger partial charge in [0.2, 0.25) is 5.91 Å². The van der Waals surface area contributed by atoms with Crippen molar-refractivity contribution in [1.82, 2.24) is 4.90 Å². The van der Waals surface area contributed by atoms with Crippen LogP contribution in [0.15, 0.2) is 54.6 Å². The second-order valence-corrected chi connectivity index (χ2v) is 5.80. The summed E-state index contributed by atoms with van der Waals surface area (Å²) in [6.45, 7) is 0.429. The highest BCUT2D eigenvalue weighted by Crippen LogP contribution is 2.34. The van der Waals surface area contributed by atoms with Crippen molar-refractivity contribution in [3.63, 3.8) is 0 Å². The third-order valence-electron chi connectivity index (χ3n) is 4.11. The highest BCUT2D eigenvalue weighted by molar-refractivity contribution is 5.87. The van der Waals surface area contributed by atoms with Gasteiger partial charge in [-0.2, -0.15) is 0 Å². The van der Waals surface area contributed by atoms with Crippen molar-refractivity contribution < 1.29 is 19.4 Å². The van der Waals surface area contributed by atoms with E-state index in [1.165, 1.54) is 4.90 Å². The van der Waals surface area contributed by atoms with Gasteiger partial charge >= 0.3 is 5.97 Å². The molecule has 1 unspecified atom stereocenters. The summed E-state index contributed by atoms with van der Waals surface area (Å²) in [6.07, 6.45) is 0.556. The smallest absolute Gasteiger partial charge is 0.323 e. The summed E-state index contributed by atoms with van der Waals surface area (Å²) in [6, 6.07) is 16.9. The Morgan fingerprint density at radius 1 is 1.08 bits per heavy atom. The number of carbonyl (C=O) groups is 2. The van der Waals surface area contributed by atoms with Crippen LogP contribution in [0, 0.1) is 0 Å². The largest absolute Gasteiger partial charge is 0.493 e. The molecular weight excluding hydrogens is 306 g/mol. The number of carboxylic acids is 1. The summed E-state index contributed by atoms with van der Waals surface area (Å²) < 4.78 is 5.60. The van der Waals surface area contributed by atoms with Crippen molar-refractivity contribution in [2.24, 2.45) is 0 Å². The zero-order valence-corrected chi connectivity index (χ0v) is 13.2. The van der Waals surface area contributed by atoms with Crippen LogP contribution in [0.1, 0.15) is 23.5 Å². The molecule has 124 valence electrons. The van der Waals surface area contributed by atoms with Crippen molar-refractivity contribution in [3.8, 4) is 5.75 Å². The summed E-state index contributed by atoms with van der Waals surface area (Å²) in [4.78, 5) is 25.6. The number of ether oxygens (including phenoxy) is 1. The second-order valence-electron chi connectivity index (χ2n) is 5.80. The van der Waals surface area contributed by atoms with Crippen LogP contribution in [0.3, 0.4) is 0 Å². The molecule has 24 heavy (non-hydrogen) atoms. The van der Waals surface area contributed by atoms with Crippen LogP contribution in [0.5, 0.6) is 5.75 Å². The number of amides is 1. The van der Waals surface area contributed by atoms with E-state index in [9.17, 15) is 14.7 Å². The number of aliphatic carboxylic acids is 1. The summed E-state index contributed by atoms with van der Waals surface area (Å²) in [5.74, 6) is -0.841.